The summed E-state index contributed by atoms with van der Waals surface area (Å²) in [6, 6.07) is 8.47. The van der Waals surface area contributed by atoms with Crippen LogP contribution in [-0.4, -0.2) is 63.1 Å². The van der Waals surface area contributed by atoms with Gasteiger partial charge in [-0.15, -0.1) is 0 Å². The van der Waals surface area contributed by atoms with Gasteiger partial charge in [0, 0.05) is 33.2 Å². The van der Waals surface area contributed by atoms with E-state index in [1.807, 2.05) is 0 Å². The number of ether oxygens (including phenoxy) is 1. The number of aliphatic imine (C=N–C) groups is 1. The van der Waals surface area contributed by atoms with Crippen LogP contribution in [0.15, 0.2) is 29.3 Å². The maximum Gasteiger partial charge on any atom is 0.308 e. The van der Waals surface area contributed by atoms with Crippen molar-refractivity contribution in [3.8, 4) is 0 Å². The lowest BCUT2D eigenvalue weighted by Gasteiger charge is -2.33. The molecule has 6 heteroatoms. The molecule has 1 heterocycles. The molecule has 1 fully saturated rings. The molecule has 0 bridgehead atoms. The van der Waals surface area contributed by atoms with Crippen molar-refractivity contribution >= 4 is 11.9 Å². The van der Waals surface area contributed by atoms with Crippen LogP contribution in [0.25, 0.3) is 0 Å². The number of esters is 1. The molecule has 0 unspecified atom stereocenters. The van der Waals surface area contributed by atoms with Gasteiger partial charge in [0.2, 0.25) is 0 Å². The Labute approximate surface area is 150 Å². The third kappa shape index (κ3) is 5.46. The molecule has 138 valence electrons. The number of rotatable bonds is 5. The van der Waals surface area contributed by atoms with E-state index in [1.165, 1.54) is 18.2 Å². The minimum absolute atomic E-state index is 0.0140. The molecule has 1 aromatic carbocycles. The molecular formula is C19H30N4O2. The monoisotopic (exact) mass is 346 g/mol. The Bertz CT molecular complexity index is 593. The summed E-state index contributed by atoms with van der Waals surface area (Å²) in [6.45, 7) is 3.30. The Morgan fingerprint density at radius 1 is 1.28 bits per heavy atom. The second kappa shape index (κ2) is 9.42. The van der Waals surface area contributed by atoms with Gasteiger partial charge < -0.3 is 19.9 Å². The summed E-state index contributed by atoms with van der Waals surface area (Å²) in [6.07, 6.45) is 1.62. The van der Waals surface area contributed by atoms with Gasteiger partial charge in [0.1, 0.15) is 0 Å². The number of hydrogen-bond acceptors (Lipinski definition) is 4. The van der Waals surface area contributed by atoms with Crippen molar-refractivity contribution in [3.05, 3.63) is 35.4 Å². The van der Waals surface area contributed by atoms with Crippen LogP contribution < -0.4 is 5.32 Å². The van der Waals surface area contributed by atoms with E-state index in [0.717, 1.165) is 45.0 Å². The van der Waals surface area contributed by atoms with Crippen LogP contribution in [0.1, 0.15) is 24.0 Å². The third-order valence-corrected chi connectivity index (χ3v) is 4.58. The normalized spacial score (nSPS) is 16.2. The lowest BCUT2D eigenvalue weighted by atomic mass is 9.97. The van der Waals surface area contributed by atoms with Gasteiger partial charge in [-0.05, 0) is 38.1 Å². The molecule has 1 aliphatic rings. The van der Waals surface area contributed by atoms with E-state index >= 15 is 0 Å². The van der Waals surface area contributed by atoms with Crippen molar-refractivity contribution in [1.29, 1.82) is 0 Å². The van der Waals surface area contributed by atoms with E-state index < -0.39 is 0 Å². The fourth-order valence-corrected chi connectivity index (χ4v) is 3.23. The van der Waals surface area contributed by atoms with Crippen LogP contribution in [-0.2, 0) is 22.6 Å². The zero-order valence-electron chi connectivity index (χ0n) is 15.8. The summed E-state index contributed by atoms with van der Waals surface area (Å²) in [5.41, 5.74) is 2.60. The largest absolute Gasteiger partial charge is 0.469 e. The summed E-state index contributed by atoms with van der Waals surface area (Å²) in [7, 11) is 7.42. The molecule has 0 atom stereocenters. The van der Waals surface area contributed by atoms with Gasteiger partial charge in [0.05, 0.1) is 13.0 Å². The number of likely N-dealkylation sites (tertiary alicyclic amines) is 1. The van der Waals surface area contributed by atoms with E-state index in [2.05, 4.69) is 58.5 Å². The fraction of sp³-hybridized carbons (Fsp3) is 0.579. The van der Waals surface area contributed by atoms with E-state index in [-0.39, 0.29) is 11.9 Å². The highest BCUT2D eigenvalue weighted by Crippen LogP contribution is 2.18. The van der Waals surface area contributed by atoms with Gasteiger partial charge in [-0.3, -0.25) is 9.79 Å². The third-order valence-electron chi connectivity index (χ3n) is 4.58. The Morgan fingerprint density at radius 2 is 1.92 bits per heavy atom. The van der Waals surface area contributed by atoms with Crippen LogP contribution in [0.4, 0.5) is 0 Å². The maximum absolute atomic E-state index is 11.7. The van der Waals surface area contributed by atoms with Crippen LogP contribution in [0, 0.1) is 5.92 Å². The average molecular weight is 346 g/mol. The second-order valence-electron chi connectivity index (χ2n) is 6.69. The van der Waals surface area contributed by atoms with E-state index in [9.17, 15) is 4.79 Å². The number of carbonyl (C=O) groups excluding carboxylic acids is 1. The quantitative estimate of drug-likeness (QED) is 0.500. The molecule has 0 aliphatic carbocycles. The highest BCUT2D eigenvalue weighted by atomic mass is 16.5. The van der Waals surface area contributed by atoms with E-state index in [1.54, 1.807) is 7.05 Å². The van der Waals surface area contributed by atoms with Crippen LogP contribution in [0.3, 0.4) is 0 Å². The van der Waals surface area contributed by atoms with Gasteiger partial charge in [0.25, 0.3) is 0 Å². The molecule has 25 heavy (non-hydrogen) atoms. The second-order valence-corrected chi connectivity index (χ2v) is 6.69. The Morgan fingerprint density at radius 3 is 2.48 bits per heavy atom. The van der Waals surface area contributed by atoms with Crippen molar-refractivity contribution in [2.45, 2.75) is 25.9 Å². The minimum Gasteiger partial charge on any atom is -0.469 e. The summed E-state index contributed by atoms with van der Waals surface area (Å²) in [4.78, 5) is 20.5. The van der Waals surface area contributed by atoms with Gasteiger partial charge in [0.15, 0.2) is 5.96 Å². The molecule has 0 amide bonds. The predicted octanol–water partition coefficient (Wildman–Crippen LogP) is 1.71. The van der Waals surface area contributed by atoms with Crippen LogP contribution in [0.2, 0.25) is 0 Å². The average Bonchev–Trinajstić information content (AvgIpc) is 2.63. The Kier molecular flexibility index (Phi) is 7.25. The predicted molar refractivity (Wildman–Crippen MR) is 100 cm³/mol. The molecule has 2 rings (SSSR count). The van der Waals surface area contributed by atoms with Gasteiger partial charge in [-0.1, -0.05) is 24.3 Å². The number of piperidine rings is 1. The molecule has 0 saturated carbocycles. The van der Waals surface area contributed by atoms with Crippen molar-refractivity contribution in [1.82, 2.24) is 15.1 Å². The van der Waals surface area contributed by atoms with Crippen molar-refractivity contribution < 1.29 is 9.53 Å². The molecule has 0 aromatic heterocycles. The van der Waals surface area contributed by atoms with Crippen LogP contribution >= 0.6 is 0 Å². The lowest BCUT2D eigenvalue weighted by molar-refractivity contribution is -0.146. The van der Waals surface area contributed by atoms with Crippen molar-refractivity contribution in [3.63, 3.8) is 0 Å². The minimum atomic E-state index is -0.0970. The summed E-state index contributed by atoms with van der Waals surface area (Å²) < 4.78 is 4.85. The summed E-state index contributed by atoms with van der Waals surface area (Å²) in [5.74, 6) is 0.809. The molecular weight excluding hydrogens is 316 g/mol. The highest BCUT2D eigenvalue weighted by molar-refractivity contribution is 5.80. The summed E-state index contributed by atoms with van der Waals surface area (Å²) in [5, 5.41) is 3.47. The lowest BCUT2D eigenvalue weighted by Crippen LogP contribution is -2.46. The van der Waals surface area contributed by atoms with Gasteiger partial charge in [-0.25, -0.2) is 0 Å². The zero-order valence-corrected chi connectivity index (χ0v) is 15.8. The molecule has 1 N–H and O–H groups in total. The Balaban J connectivity index is 1.93. The molecule has 1 aromatic rings. The summed E-state index contributed by atoms with van der Waals surface area (Å²) >= 11 is 0. The van der Waals surface area contributed by atoms with Crippen LogP contribution in [0.5, 0.6) is 0 Å². The smallest absolute Gasteiger partial charge is 0.308 e. The first-order valence-corrected chi connectivity index (χ1v) is 8.80. The molecule has 1 saturated heterocycles. The fourth-order valence-electron chi connectivity index (χ4n) is 3.23. The molecule has 0 radical (unpaired) electrons. The molecule has 0 spiro atoms. The Hall–Kier alpha value is -2.08. The number of guanidine groups is 1. The van der Waals surface area contributed by atoms with Gasteiger partial charge >= 0.3 is 5.97 Å². The molecule has 1 aliphatic heterocycles. The number of nitrogens with zero attached hydrogens (tertiary/aromatic N) is 3. The number of hydrogen-bond donors (Lipinski definition) is 1. The first kappa shape index (κ1) is 19.2. The SMILES string of the molecule is CN=C(NCc1ccccc1CN(C)C)N1CCC(C(=O)OC)CC1. The first-order chi connectivity index (χ1) is 12.0. The van der Waals surface area contributed by atoms with Crippen molar-refractivity contribution in [2.24, 2.45) is 10.9 Å². The zero-order chi connectivity index (χ0) is 18.2. The van der Waals surface area contributed by atoms with E-state index in [0.29, 0.717) is 0 Å². The molecule has 6 nitrogen and oxygen atoms in total. The van der Waals surface area contributed by atoms with Gasteiger partial charge in [-0.2, -0.15) is 0 Å². The number of methoxy groups -OCH3 is 1. The van der Waals surface area contributed by atoms with E-state index in [4.69, 9.17) is 4.74 Å². The number of carbonyl (C=O) groups is 1. The highest BCUT2D eigenvalue weighted by Gasteiger charge is 2.26. The maximum atomic E-state index is 11.7. The first-order valence-electron chi connectivity index (χ1n) is 8.80. The number of nitrogens with one attached hydrogen (secondary N) is 1. The topological polar surface area (TPSA) is 57.2 Å². The number of benzene rings is 1. The standard InChI is InChI=1S/C19H30N4O2/c1-20-19(23-11-9-15(10-12-23)18(24)25-4)21-13-16-7-5-6-8-17(16)14-22(2)3/h5-8,15H,9-14H2,1-4H3,(H,20,21). The van der Waals surface area contributed by atoms with Crippen molar-refractivity contribution in [2.75, 3.05) is 41.3 Å².